The molecular formula is C28H24O3. The van der Waals surface area contributed by atoms with Crippen LogP contribution < -0.4 is 9.47 Å². The van der Waals surface area contributed by atoms with Gasteiger partial charge in [-0.1, -0.05) is 61.5 Å². The molecule has 31 heavy (non-hydrogen) atoms. The van der Waals surface area contributed by atoms with E-state index in [1.54, 1.807) is 13.2 Å². The molecule has 4 aromatic rings. The van der Waals surface area contributed by atoms with Crippen molar-refractivity contribution in [2.24, 2.45) is 0 Å². The molecule has 0 aliphatic carbocycles. The highest BCUT2D eigenvalue weighted by Gasteiger charge is 2.04. The Labute approximate surface area is 182 Å². The number of carbonyl (C=O) groups excluding carboxylic acids is 1. The number of aryl methyl sites for hydroxylation is 1. The van der Waals surface area contributed by atoms with Crippen LogP contribution in [0, 0.1) is 0 Å². The summed E-state index contributed by atoms with van der Waals surface area (Å²) in [6.07, 6.45) is 4.17. The van der Waals surface area contributed by atoms with E-state index >= 15 is 0 Å². The van der Waals surface area contributed by atoms with Gasteiger partial charge in [0.25, 0.3) is 0 Å². The number of ether oxygens (including phenoxy) is 2. The third-order valence-corrected chi connectivity index (χ3v) is 5.25. The summed E-state index contributed by atoms with van der Waals surface area (Å²) >= 11 is 0. The summed E-state index contributed by atoms with van der Waals surface area (Å²) in [6, 6.07) is 28.1. The number of rotatable bonds is 6. The fraction of sp³-hybridized carbons (Fsp3) is 0.107. The van der Waals surface area contributed by atoms with Gasteiger partial charge in [-0.3, -0.25) is 0 Å². The molecule has 4 aromatic carbocycles. The van der Waals surface area contributed by atoms with Crippen molar-refractivity contribution in [2.75, 3.05) is 7.11 Å². The summed E-state index contributed by atoms with van der Waals surface area (Å²) < 4.78 is 10.5. The van der Waals surface area contributed by atoms with E-state index in [1.165, 1.54) is 22.4 Å². The summed E-state index contributed by atoms with van der Waals surface area (Å²) in [5, 5.41) is 2.46. The predicted molar refractivity (Wildman–Crippen MR) is 126 cm³/mol. The highest BCUT2D eigenvalue weighted by molar-refractivity contribution is 5.89. The summed E-state index contributed by atoms with van der Waals surface area (Å²) in [4.78, 5) is 12.1. The van der Waals surface area contributed by atoms with Crippen LogP contribution in [-0.2, 0) is 11.2 Å². The SMILES string of the molecule is CCc1ccc2cc(-c3ccc(OC(=O)/C=C/c4ccc(OC)cc4)cc3)ccc2c1. The topological polar surface area (TPSA) is 35.5 Å². The Morgan fingerprint density at radius 1 is 0.774 bits per heavy atom. The van der Waals surface area contributed by atoms with Crippen molar-refractivity contribution in [3.63, 3.8) is 0 Å². The van der Waals surface area contributed by atoms with Crippen molar-refractivity contribution < 1.29 is 14.3 Å². The van der Waals surface area contributed by atoms with Crippen molar-refractivity contribution in [3.8, 4) is 22.6 Å². The molecule has 0 aliphatic rings. The molecule has 0 heterocycles. The standard InChI is InChI=1S/C28H24O3/c1-3-20-4-8-25-19-24(10-9-23(25)18-20)22-11-15-27(16-12-22)31-28(29)17-7-21-5-13-26(30-2)14-6-21/h4-19H,3H2,1-2H3/b17-7+. The lowest BCUT2D eigenvalue weighted by Crippen LogP contribution is -2.03. The average Bonchev–Trinajstić information content (AvgIpc) is 2.83. The lowest BCUT2D eigenvalue weighted by atomic mass is 9.99. The molecular weight excluding hydrogens is 384 g/mol. The van der Waals surface area contributed by atoms with Crippen molar-refractivity contribution in [2.45, 2.75) is 13.3 Å². The second-order valence-corrected chi connectivity index (χ2v) is 7.30. The zero-order valence-electron chi connectivity index (χ0n) is 17.7. The smallest absolute Gasteiger partial charge is 0.336 e. The molecule has 0 amide bonds. The maximum atomic E-state index is 12.1. The van der Waals surface area contributed by atoms with Crippen LogP contribution >= 0.6 is 0 Å². The number of esters is 1. The lowest BCUT2D eigenvalue weighted by molar-refractivity contribution is -0.128. The van der Waals surface area contributed by atoms with Gasteiger partial charge in [-0.05, 0) is 75.9 Å². The van der Waals surface area contributed by atoms with Gasteiger partial charge >= 0.3 is 5.97 Å². The molecule has 3 heteroatoms. The summed E-state index contributed by atoms with van der Waals surface area (Å²) in [5.74, 6) is 0.874. The Morgan fingerprint density at radius 2 is 1.42 bits per heavy atom. The van der Waals surface area contributed by atoms with E-state index in [4.69, 9.17) is 9.47 Å². The van der Waals surface area contributed by atoms with E-state index in [1.807, 2.05) is 48.5 Å². The van der Waals surface area contributed by atoms with Gasteiger partial charge in [-0.15, -0.1) is 0 Å². The van der Waals surface area contributed by atoms with E-state index in [-0.39, 0.29) is 0 Å². The first-order valence-corrected chi connectivity index (χ1v) is 10.3. The Bertz CT molecular complexity index is 1220. The minimum Gasteiger partial charge on any atom is -0.497 e. The molecule has 0 spiro atoms. The first-order valence-electron chi connectivity index (χ1n) is 10.3. The Kier molecular flexibility index (Phi) is 6.13. The number of carbonyl (C=O) groups is 1. The van der Waals surface area contributed by atoms with Gasteiger partial charge < -0.3 is 9.47 Å². The van der Waals surface area contributed by atoms with Crippen LogP contribution in [0.1, 0.15) is 18.1 Å². The Hall–Kier alpha value is -3.85. The number of hydrogen-bond donors (Lipinski definition) is 0. The largest absolute Gasteiger partial charge is 0.497 e. The van der Waals surface area contributed by atoms with Gasteiger partial charge in [0.1, 0.15) is 11.5 Å². The molecule has 0 aliphatic heterocycles. The lowest BCUT2D eigenvalue weighted by Gasteiger charge is -2.07. The van der Waals surface area contributed by atoms with Crippen molar-refractivity contribution in [3.05, 3.63) is 102 Å². The molecule has 0 saturated heterocycles. The molecule has 4 rings (SSSR count). The molecule has 3 nitrogen and oxygen atoms in total. The maximum absolute atomic E-state index is 12.1. The second kappa shape index (κ2) is 9.31. The Morgan fingerprint density at radius 3 is 2.13 bits per heavy atom. The van der Waals surface area contributed by atoms with Gasteiger partial charge in [0.2, 0.25) is 0 Å². The predicted octanol–water partition coefficient (Wildman–Crippen LogP) is 6.70. The van der Waals surface area contributed by atoms with Crippen LogP contribution in [0.25, 0.3) is 28.0 Å². The summed E-state index contributed by atoms with van der Waals surface area (Å²) in [7, 11) is 1.62. The highest BCUT2D eigenvalue weighted by atomic mass is 16.5. The number of fused-ring (bicyclic) bond motifs is 1. The van der Waals surface area contributed by atoms with Crippen LogP contribution in [0.2, 0.25) is 0 Å². The van der Waals surface area contributed by atoms with Crippen molar-refractivity contribution >= 4 is 22.8 Å². The number of benzene rings is 4. The fourth-order valence-electron chi connectivity index (χ4n) is 3.44. The van der Waals surface area contributed by atoms with Gasteiger partial charge in [0.05, 0.1) is 7.11 Å². The molecule has 0 fully saturated rings. The fourth-order valence-corrected chi connectivity index (χ4v) is 3.44. The van der Waals surface area contributed by atoms with Crippen molar-refractivity contribution in [1.29, 1.82) is 0 Å². The van der Waals surface area contributed by atoms with E-state index in [0.29, 0.717) is 5.75 Å². The zero-order chi connectivity index (χ0) is 21.6. The first-order chi connectivity index (χ1) is 15.1. The molecule has 0 N–H and O–H groups in total. The van der Waals surface area contributed by atoms with Crippen molar-refractivity contribution in [1.82, 2.24) is 0 Å². The maximum Gasteiger partial charge on any atom is 0.336 e. The summed E-state index contributed by atoms with van der Waals surface area (Å²) in [5.41, 5.74) is 4.45. The minimum atomic E-state index is -0.416. The third kappa shape index (κ3) is 5.01. The normalized spacial score (nSPS) is 11.0. The molecule has 0 saturated carbocycles. The molecule has 0 aromatic heterocycles. The highest BCUT2D eigenvalue weighted by Crippen LogP contribution is 2.27. The molecule has 0 atom stereocenters. The molecule has 0 bridgehead atoms. The van der Waals surface area contributed by atoms with Gasteiger partial charge in [0, 0.05) is 6.08 Å². The quantitative estimate of drug-likeness (QED) is 0.202. The molecule has 0 radical (unpaired) electrons. The number of methoxy groups -OCH3 is 1. The van der Waals surface area contributed by atoms with E-state index in [9.17, 15) is 4.79 Å². The van der Waals surface area contributed by atoms with Gasteiger partial charge in [-0.25, -0.2) is 4.79 Å². The second-order valence-electron chi connectivity index (χ2n) is 7.30. The zero-order valence-corrected chi connectivity index (χ0v) is 17.7. The molecule has 154 valence electrons. The monoisotopic (exact) mass is 408 g/mol. The van der Waals surface area contributed by atoms with Crippen LogP contribution in [-0.4, -0.2) is 13.1 Å². The van der Waals surface area contributed by atoms with Gasteiger partial charge in [-0.2, -0.15) is 0 Å². The van der Waals surface area contributed by atoms with Gasteiger partial charge in [0.15, 0.2) is 0 Å². The van der Waals surface area contributed by atoms with E-state index in [0.717, 1.165) is 28.9 Å². The average molecular weight is 408 g/mol. The third-order valence-electron chi connectivity index (χ3n) is 5.25. The van der Waals surface area contributed by atoms with Crippen LogP contribution in [0.5, 0.6) is 11.5 Å². The van der Waals surface area contributed by atoms with Crippen LogP contribution in [0.4, 0.5) is 0 Å². The first kappa shape index (κ1) is 20.4. The number of hydrogen-bond acceptors (Lipinski definition) is 3. The van der Waals surface area contributed by atoms with Crippen LogP contribution in [0.15, 0.2) is 91.0 Å². The van der Waals surface area contributed by atoms with E-state index in [2.05, 4.69) is 43.3 Å². The minimum absolute atomic E-state index is 0.416. The Balaban J connectivity index is 1.43. The van der Waals surface area contributed by atoms with E-state index < -0.39 is 5.97 Å². The van der Waals surface area contributed by atoms with Crippen LogP contribution in [0.3, 0.4) is 0 Å². The summed E-state index contributed by atoms with van der Waals surface area (Å²) in [6.45, 7) is 2.17. The molecule has 0 unspecified atom stereocenters.